The van der Waals surface area contributed by atoms with Crippen LogP contribution in [0.4, 0.5) is 10.6 Å². The number of nitrogens with one attached hydrogen (secondary N) is 1. The average molecular weight is 374 g/mol. The van der Waals surface area contributed by atoms with Crippen molar-refractivity contribution in [3.8, 4) is 0 Å². The fourth-order valence-corrected chi connectivity index (χ4v) is 4.24. The van der Waals surface area contributed by atoms with Gasteiger partial charge in [-0.15, -0.1) is 0 Å². The Labute approximate surface area is 160 Å². The summed E-state index contributed by atoms with van der Waals surface area (Å²) in [6, 6.07) is 0. The second kappa shape index (κ2) is 7.44. The van der Waals surface area contributed by atoms with Crippen LogP contribution in [0.5, 0.6) is 0 Å². The molecule has 1 aromatic heterocycles. The van der Waals surface area contributed by atoms with E-state index in [-0.39, 0.29) is 11.3 Å². The highest BCUT2D eigenvalue weighted by Gasteiger charge is 2.49. The molecule has 3 rings (SSSR count). The second-order valence-electron chi connectivity index (χ2n) is 8.85. The van der Waals surface area contributed by atoms with Crippen LogP contribution in [0.15, 0.2) is 12.4 Å². The molecule has 2 unspecified atom stereocenters. The molecule has 7 nitrogen and oxygen atoms in total. The molecule has 1 spiro atoms. The highest BCUT2D eigenvalue weighted by Crippen LogP contribution is 2.47. The number of aryl methyl sites for hydroxylation is 1. The molecule has 2 fully saturated rings. The maximum atomic E-state index is 13.2. The molecule has 27 heavy (non-hydrogen) atoms. The van der Waals surface area contributed by atoms with Gasteiger partial charge in [-0.3, -0.25) is 14.7 Å². The summed E-state index contributed by atoms with van der Waals surface area (Å²) in [6.07, 6.45) is 7.53. The van der Waals surface area contributed by atoms with Gasteiger partial charge in [0.25, 0.3) is 0 Å². The Hall–Kier alpha value is -2.18. The monoisotopic (exact) mass is 374 g/mol. The van der Waals surface area contributed by atoms with E-state index in [1.54, 1.807) is 17.3 Å². The van der Waals surface area contributed by atoms with Crippen molar-refractivity contribution in [3.63, 3.8) is 0 Å². The third-order valence-corrected chi connectivity index (χ3v) is 5.41. The third kappa shape index (κ3) is 4.57. The van der Waals surface area contributed by atoms with E-state index >= 15 is 0 Å². The molecule has 2 heterocycles. The van der Waals surface area contributed by atoms with E-state index in [1.807, 2.05) is 27.7 Å². The van der Waals surface area contributed by atoms with Crippen molar-refractivity contribution in [2.24, 2.45) is 11.3 Å². The van der Waals surface area contributed by atoms with Crippen LogP contribution in [0.1, 0.15) is 58.6 Å². The number of aromatic nitrogens is 2. The van der Waals surface area contributed by atoms with Gasteiger partial charge >= 0.3 is 6.09 Å². The lowest BCUT2D eigenvalue weighted by molar-refractivity contribution is -0.128. The number of alkyl carbamates (subject to hydrolysis) is 1. The normalized spacial score (nSPS) is 25.7. The quantitative estimate of drug-likeness (QED) is 0.878. The number of rotatable bonds is 3. The van der Waals surface area contributed by atoms with Gasteiger partial charge in [0.05, 0.1) is 17.3 Å². The summed E-state index contributed by atoms with van der Waals surface area (Å²) in [4.78, 5) is 35.6. The van der Waals surface area contributed by atoms with Crippen molar-refractivity contribution in [2.75, 3.05) is 18.0 Å². The summed E-state index contributed by atoms with van der Waals surface area (Å²) >= 11 is 0. The minimum atomic E-state index is -0.505. The first kappa shape index (κ1) is 19.6. The molecule has 1 saturated carbocycles. The Morgan fingerprint density at radius 1 is 1.37 bits per heavy atom. The van der Waals surface area contributed by atoms with Crippen molar-refractivity contribution < 1.29 is 14.3 Å². The van der Waals surface area contributed by atoms with Gasteiger partial charge in [-0.25, -0.2) is 9.78 Å². The van der Waals surface area contributed by atoms with Crippen LogP contribution >= 0.6 is 0 Å². The van der Waals surface area contributed by atoms with Crippen LogP contribution < -0.4 is 10.2 Å². The molecule has 2 atom stereocenters. The predicted molar refractivity (Wildman–Crippen MR) is 102 cm³/mol. The zero-order valence-electron chi connectivity index (χ0n) is 16.7. The summed E-state index contributed by atoms with van der Waals surface area (Å²) in [5.41, 5.74) is -0.0252. The molecule has 2 amide bonds. The predicted octanol–water partition coefficient (Wildman–Crippen LogP) is 3.22. The number of hydrogen-bond acceptors (Lipinski definition) is 5. The number of hydrogen-bond donors (Lipinski definition) is 1. The van der Waals surface area contributed by atoms with E-state index in [0.29, 0.717) is 24.8 Å². The van der Waals surface area contributed by atoms with Gasteiger partial charge < -0.3 is 10.1 Å². The Balaban J connectivity index is 1.62. The highest BCUT2D eigenvalue weighted by molar-refractivity contribution is 5.99. The fraction of sp³-hybridized carbons (Fsp3) is 0.700. The number of carbonyl (C=O) groups is 2. The van der Waals surface area contributed by atoms with Crippen LogP contribution in [0.2, 0.25) is 0 Å². The van der Waals surface area contributed by atoms with Gasteiger partial charge in [0.15, 0.2) is 5.82 Å². The Morgan fingerprint density at radius 2 is 2.15 bits per heavy atom. The van der Waals surface area contributed by atoms with Crippen LogP contribution in [-0.2, 0) is 9.53 Å². The van der Waals surface area contributed by atoms with Gasteiger partial charge in [0, 0.05) is 19.3 Å². The van der Waals surface area contributed by atoms with E-state index in [2.05, 4.69) is 15.3 Å². The van der Waals surface area contributed by atoms with E-state index in [4.69, 9.17) is 4.74 Å². The van der Waals surface area contributed by atoms with Crippen LogP contribution in [-0.4, -0.2) is 40.7 Å². The number of anilines is 1. The SMILES string of the molecule is Cc1cncc(N2CCC3(CCCC(CNC(=O)OC(C)(C)C)C3)C2=O)n1. The summed E-state index contributed by atoms with van der Waals surface area (Å²) in [5.74, 6) is 1.09. The number of amides is 2. The van der Waals surface area contributed by atoms with Crippen molar-refractivity contribution in [1.29, 1.82) is 0 Å². The first-order valence-corrected chi connectivity index (χ1v) is 9.76. The lowest BCUT2D eigenvalue weighted by atomic mass is 9.68. The van der Waals surface area contributed by atoms with Gasteiger partial charge in [-0.2, -0.15) is 0 Å². The van der Waals surface area contributed by atoms with E-state index in [9.17, 15) is 9.59 Å². The summed E-state index contributed by atoms with van der Waals surface area (Å²) in [6.45, 7) is 8.66. The van der Waals surface area contributed by atoms with Crippen molar-refractivity contribution in [2.45, 2.75) is 65.4 Å². The first-order valence-electron chi connectivity index (χ1n) is 9.76. The van der Waals surface area contributed by atoms with Gasteiger partial charge in [-0.1, -0.05) is 6.42 Å². The van der Waals surface area contributed by atoms with E-state index < -0.39 is 11.7 Å². The maximum absolute atomic E-state index is 13.2. The standard InChI is InChI=1S/C20H30N4O3/c1-14-11-21-13-16(23-14)24-9-8-20(17(24)25)7-5-6-15(10-20)12-22-18(26)27-19(2,3)4/h11,13,15H,5-10,12H2,1-4H3,(H,22,26). The average Bonchev–Trinajstić information content (AvgIpc) is 2.88. The Bertz CT molecular complexity index is 715. The van der Waals surface area contributed by atoms with Crippen LogP contribution in [0.25, 0.3) is 0 Å². The summed E-state index contributed by atoms with van der Waals surface area (Å²) in [5, 5.41) is 2.87. The molecular weight excluding hydrogens is 344 g/mol. The molecule has 2 aliphatic rings. The molecule has 1 saturated heterocycles. The topological polar surface area (TPSA) is 84.4 Å². The molecule has 148 valence electrons. The molecular formula is C20H30N4O3. The molecule has 1 aliphatic carbocycles. The highest BCUT2D eigenvalue weighted by atomic mass is 16.6. The lowest BCUT2D eigenvalue weighted by Gasteiger charge is -2.36. The minimum Gasteiger partial charge on any atom is -0.444 e. The molecule has 7 heteroatoms. The third-order valence-electron chi connectivity index (χ3n) is 5.41. The Kier molecular flexibility index (Phi) is 5.40. The summed E-state index contributed by atoms with van der Waals surface area (Å²) < 4.78 is 5.31. The lowest BCUT2D eigenvalue weighted by Crippen LogP contribution is -2.42. The van der Waals surface area contributed by atoms with E-state index in [1.165, 1.54) is 0 Å². The van der Waals surface area contributed by atoms with Gasteiger partial charge in [0.2, 0.25) is 5.91 Å². The molecule has 1 N–H and O–H groups in total. The van der Waals surface area contributed by atoms with Crippen LogP contribution in [0.3, 0.4) is 0 Å². The molecule has 0 bridgehead atoms. The second-order valence-corrected chi connectivity index (χ2v) is 8.85. The smallest absolute Gasteiger partial charge is 0.407 e. The van der Waals surface area contributed by atoms with Crippen molar-refractivity contribution >= 4 is 17.8 Å². The zero-order chi connectivity index (χ0) is 19.7. The van der Waals surface area contributed by atoms with E-state index in [0.717, 1.165) is 37.8 Å². The Morgan fingerprint density at radius 3 is 2.85 bits per heavy atom. The largest absolute Gasteiger partial charge is 0.444 e. The molecule has 0 radical (unpaired) electrons. The molecule has 1 aromatic rings. The summed E-state index contributed by atoms with van der Waals surface area (Å²) in [7, 11) is 0. The number of nitrogens with zero attached hydrogens (tertiary/aromatic N) is 3. The molecule has 0 aromatic carbocycles. The van der Waals surface area contributed by atoms with Crippen molar-refractivity contribution in [1.82, 2.24) is 15.3 Å². The molecule has 1 aliphatic heterocycles. The fourth-order valence-electron chi connectivity index (χ4n) is 4.24. The first-order chi connectivity index (χ1) is 12.7. The number of carbonyl (C=O) groups excluding carboxylic acids is 2. The zero-order valence-corrected chi connectivity index (χ0v) is 16.7. The van der Waals surface area contributed by atoms with Gasteiger partial charge in [0.1, 0.15) is 5.60 Å². The maximum Gasteiger partial charge on any atom is 0.407 e. The van der Waals surface area contributed by atoms with Crippen molar-refractivity contribution in [3.05, 3.63) is 18.1 Å². The van der Waals surface area contributed by atoms with Crippen LogP contribution in [0, 0.1) is 18.3 Å². The van der Waals surface area contributed by atoms with Gasteiger partial charge in [-0.05, 0) is 59.3 Å². The minimum absolute atomic E-state index is 0.157. The number of ether oxygens (including phenoxy) is 1.